The molecule has 1 saturated heterocycles. The van der Waals surface area contributed by atoms with Crippen LogP contribution in [0.5, 0.6) is 0 Å². The maximum Gasteiger partial charge on any atom is 0.223 e. The first kappa shape index (κ1) is 19.9. The van der Waals surface area contributed by atoms with Gasteiger partial charge in [-0.15, -0.1) is 11.3 Å². The van der Waals surface area contributed by atoms with Crippen LogP contribution in [0, 0.1) is 17.3 Å². The number of likely N-dealkylation sites (tertiary alicyclic amines) is 1. The summed E-state index contributed by atoms with van der Waals surface area (Å²) in [4.78, 5) is 16.0. The molecule has 4 heteroatoms. The minimum atomic E-state index is 0.203. The van der Waals surface area contributed by atoms with E-state index >= 15 is 0 Å². The second kappa shape index (κ2) is 8.43. The van der Waals surface area contributed by atoms with Gasteiger partial charge in [-0.2, -0.15) is 0 Å². The summed E-state index contributed by atoms with van der Waals surface area (Å²) in [5.74, 6) is 1.27. The van der Waals surface area contributed by atoms with E-state index in [-0.39, 0.29) is 12.0 Å². The molecule has 3 nitrogen and oxygen atoms in total. The van der Waals surface area contributed by atoms with Gasteiger partial charge in [-0.3, -0.25) is 4.79 Å². The lowest BCUT2D eigenvalue weighted by Crippen LogP contribution is -3.11. The molecule has 2 aliphatic rings. The minimum Gasteiger partial charge on any atom is -0.347 e. The molecule has 0 spiro atoms. The SMILES string of the molecule is C[C@@H](NC(=O)C1CCC(C(C)(C)C)CC1)[C@@H](c1cccs1)[NH+]1CCCC1. The van der Waals surface area contributed by atoms with E-state index in [1.807, 2.05) is 11.3 Å². The second-order valence-corrected chi connectivity index (χ2v) is 10.5. The number of carbonyl (C=O) groups excluding carboxylic acids is 1. The number of amides is 1. The third kappa shape index (κ3) is 4.69. The van der Waals surface area contributed by atoms with Gasteiger partial charge in [0.05, 0.1) is 24.0 Å². The van der Waals surface area contributed by atoms with Gasteiger partial charge in [0.15, 0.2) is 0 Å². The Labute approximate surface area is 163 Å². The summed E-state index contributed by atoms with van der Waals surface area (Å²) in [7, 11) is 0. The topological polar surface area (TPSA) is 33.5 Å². The Morgan fingerprint density at radius 2 is 1.85 bits per heavy atom. The minimum absolute atomic E-state index is 0.203. The fraction of sp³-hybridized carbons (Fsp3) is 0.773. The predicted molar refractivity (Wildman–Crippen MR) is 109 cm³/mol. The molecule has 0 aromatic carbocycles. The molecule has 3 rings (SSSR count). The van der Waals surface area contributed by atoms with Crippen molar-refractivity contribution in [1.82, 2.24) is 5.32 Å². The zero-order valence-corrected chi connectivity index (χ0v) is 17.8. The zero-order valence-electron chi connectivity index (χ0n) is 17.0. The summed E-state index contributed by atoms with van der Waals surface area (Å²) in [6.07, 6.45) is 7.13. The van der Waals surface area contributed by atoms with E-state index in [0.717, 1.165) is 18.8 Å². The molecule has 1 aliphatic carbocycles. The van der Waals surface area contributed by atoms with Crippen LogP contribution in [0.15, 0.2) is 17.5 Å². The number of rotatable bonds is 5. The Morgan fingerprint density at radius 1 is 1.19 bits per heavy atom. The number of nitrogens with one attached hydrogen (secondary N) is 2. The fourth-order valence-corrected chi connectivity index (χ4v) is 6.05. The van der Waals surface area contributed by atoms with Crippen LogP contribution in [0.4, 0.5) is 0 Å². The van der Waals surface area contributed by atoms with Gasteiger partial charge >= 0.3 is 0 Å². The maximum atomic E-state index is 12.9. The number of hydrogen-bond donors (Lipinski definition) is 2. The highest BCUT2D eigenvalue weighted by Gasteiger charge is 2.36. The van der Waals surface area contributed by atoms with Crippen LogP contribution in [-0.2, 0) is 4.79 Å². The van der Waals surface area contributed by atoms with Gasteiger partial charge in [-0.05, 0) is 55.4 Å². The smallest absolute Gasteiger partial charge is 0.223 e. The van der Waals surface area contributed by atoms with Crippen molar-refractivity contribution in [2.45, 2.75) is 78.3 Å². The van der Waals surface area contributed by atoms with Crippen LogP contribution in [0.2, 0.25) is 0 Å². The molecule has 26 heavy (non-hydrogen) atoms. The number of quaternary nitrogens is 1. The molecule has 1 aromatic rings. The number of thiophene rings is 1. The van der Waals surface area contributed by atoms with Crippen LogP contribution < -0.4 is 10.2 Å². The van der Waals surface area contributed by atoms with Gasteiger partial charge in [0.25, 0.3) is 0 Å². The predicted octanol–water partition coefficient (Wildman–Crippen LogP) is 3.83. The molecular weight excluding hydrogens is 340 g/mol. The van der Waals surface area contributed by atoms with E-state index in [1.165, 1.54) is 43.6 Å². The second-order valence-electron chi connectivity index (χ2n) is 9.57. The third-order valence-electron chi connectivity index (χ3n) is 6.73. The lowest BCUT2D eigenvalue weighted by atomic mass is 9.69. The lowest BCUT2D eigenvalue weighted by Gasteiger charge is -2.37. The fourth-order valence-electron chi connectivity index (χ4n) is 5.06. The standard InChI is InChI=1S/C22H36N2OS/c1-16(20(19-8-7-15-26-19)24-13-5-6-14-24)23-21(25)17-9-11-18(12-10-17)22(2,3)4/h7-8,15-18,20H,5-6,9-14H2,1-4H3,(H,23,25)/p+1/t16-,17?,18?,20+/m1/s1. The largest absolute Gasteiger partial charge is 0.347 e. The molecular formula is C22H37N2OS+. The summed E-state index contributed by atoms with van der Waals surface area (Å²) in [6.45, 7) is 11.7. The van der Waals surface area contributed by atoms with Crippen molar-refractivity contribution in [3.05, 3.63) is 22.4 Å². The van der Waals surface area contributed by atoms with E-state index in [9.17, 15) is 4.79 Å². The van der Waals surface area contributed by atoms with Crippen molar-refractivity contribution in [1.29, 1.82) is 0 Å². The Kier molecular flexibility index (Phi) is 6.45. The van der Waals surface area contributed by atoms with Crippen LogP contribution in [0.3, 0.4) is 0 Å². The monoisotopic (exact) mass is 377 g/mol. The first-order chi connectivity index (χ1) is 12.4. The van der Waals surface area contributed by atoms with E-state index < -0.39 is 0 Å². The normalized spacial score (nSPS) is 27.2. The van der Waals surface area contributed by atoms with Crippen molar-refractivity contribution < 1.29 is 9.69 Å². The van der Waals surface area contributed by atoms with Crippen molar-refractivity contribution in [3.63, 3.8) is 0 Å². The average Bonchev–Trinajstić information content (AvgIpc) is 3.29. The van der Waals surface area contributed by atoms with Crippen molar-refractivity contribution >= 4 is 17.2 Å². The lowest BCUT2D eigenvalue weighted by molar-refractivity contribution is -0.920. The Hall–Kier alpha value is -0.870. The number of carbonyl (C=O) groups is 1. The Balaban J connectivity index is 1.59. The molecule has 0 unspecified atom stereocenters. The molecule has 0 radical (unpaired) electrons. The van der Waals surface area contributed by atoms with Gasteiger partial charge in [0, 0.05) is 18.8 Å². The molecule has 2 atom stereocenters. The third-order valence-corrected chi connectivity index (χ3v) is 7.68. The van der Waals surface area contributed by atoms with Gasteiger partial charge < -0.3 is 10.2 Å². The first-order valence-corrected chi connectivity index (χ1v) is 11.4. The average molecular weight is 378 g/mol. The van der Waals surface area contributed by atoms with Crippen molar-refractivity contribution in [3.8, 4) is 0 Å². The molecule has 1 saturated carbocycles. The molecule has 2 heterocycles. The number of hydrogen-bond acceptors (Lipinski definition) is 2. The molecule has 1 aromatic heterocycles. The van der Waals surface area contributed by atoms with E-state index in [4.69, 9.17) is 0 Å². The van der Waals surface area contributed by atoms with Gasteiger partial charge in [-0.25, -0.2) is 0 Å². The molecule has 146 valence electrons. The van der Waals surface area contributed by atoms with E-state index in [2.05, 4.69) is 50.5 Å². The van der Waals surface area contributed by atoms with Crippen molar-refractivity contribution in [2.75, 3.05) is 13.1 Å². The first-order valence-electron chi connectivity index (χ1n) is 10.5. The summed E-state index contributed by atoms with van der Waals surface area (Å²) in [6, 6.07) is 5.00. The highest BCUT2D eigenvalue weighted by Crippen LogP contribution is 2.39. The van der Waals surface area contributed by atoms with E-state index in [1.54, 1.807) is 4.90 Å². The quantitative estimate of drug-likeness (QED) is 0.803. The summed E-state index contributed by atoms with van der Waals surface area (Å²) < 4.78 is 0. The van der Waals surface area contributed by atoms with Crippen LogP contribution in [0.1, 0.15) is 77.1 Å². The maximum absolute atomic E-state index is 12.9. The summed E-state index contributed by atoms with van der Waals surface area (Å²) in [5, 5.41) is 5.58. The zero-order chi connectivity index (χ0) is 18.7. The molecule has 2 fully saturated rings. The molecule has 1 amide bonds. The molecule has 1 aliphatic heterocycles. The Bertz CT molecular complexity index is 563. The highest BCUT2D eigenvalue weighted by atomic mass is 32.1. The van der Waals surface area contributed by atoms with E-state index in [0.29, 0.717) is 17.4 Å². The highest BCUT2D eigenvalue weighted by molar-refractivity contribution is 7.10. The van der Waals surface area contributed by atoms with Crippen LogP contribution in [-0.4, -0.2) is 25.0 Å². The molecule has 0 bridgehead atoms. The van der Waals surface area contributed by atoms with Crippen molar-refractivity contribution in [2.24, 2.45) is 17.3 Å². The Morgan fingerprint density at radius 3 is 2.38 bits per heavy atom. The van der Waals surface area contributed by atoms with Crippen LogP contribution >= 0.6 is 11.3 Å². The summed E-state index contributed by atoms with van der Waals surface area (Å²) >= 11 is 1.84. The van der Waals surface area contributed by atoms with Gasteiger partial charge in [0.2, 0.25) is 5.91 Å². The summed E-state index contributed by atoms with van der Waals surface area (Å²) in [5.41, 5.74) is 0.373. The van der Waals surface area contributed by atoms with Gasteiger partial charge in [-0.1, -0.05) is 26.8 Å². The van der Waals surface area contributed by atoms with Crippen LogP contribution in [0.25, 0.3) is 0 Å². The molecule has 2 N–H and O–H groups in total. The van der Waals surface area contributed by atoms with Gasteiger partial charge in [0.1, 0.15) is 6.04 Å².